The number of benzene rings is 1. The maximum Gasteiger partial charge on any atom is 0.270 e. The summed E-state index contributed by atoms with van der Waals surface area (Å²) in [6.45, 7) is 6.36. The first kappa shape index (κ1) is 16.4. The third-order valence-corrected chi connectivity index (χ3v) is 3.98. The van der Waals surface area contributed by atoms with Crippen LogP contribution in [-0.2, 0) is 10.0 Å². The molecule has 0 unspecified atom stereocenters. The van der Waals surface area contributed by atoms with Crippen LogP contribution >= 0.6 is 0 Å². The molecule has 0 aliphatic heterocycles. The number of nitro benzene ring substituents is 1. The van der Waals surface area contributed by atoms with Crippen molar-refractivity contribution in [2.24, 2.45) is 5.92 Å². The molecule has 20 heavy (non-hydrogen) atoms. The van der Waals surface area contributed by atoms with Gasteiger partial charge in [0.15, 0.2) is 0 Å². The first-order valence-corrected chi connectivity index (χ1v) is 7.78. The molecule has 0 aliphatic rings. The zero-order valence-corrected chi connectivity index (χ0v) is 12.5. The van der Waals surface area contributed by atoms with Gasteiger partial charge in [0, 0.05) is 25.2 Å². The van der Waals surface area contributed by atoms with Crippen molar-refractivity contribution < 1.29 is 13.3 Å². The van der Waals surface area contributed by atoms with Crippen molar-refractivity contribution in [1.29, 1.82) is 0 Å². The van der Waals surface area contributed by atoms with Crippen LogP contribution in [0.25, 0.3) is 0 Å². The molecule has 0 spiro atoms. The summed E-state index contributed by atoms with van der Waals surface area (Å²) in [6, 6.07) is 3.76. The minimum Gasteiger partial charge on any atom is -0.384 e. The number of non-ortho nitro benzene ring substituents is 1. The summed E-state index contributed by atoms with van der Waals surface area (Å²) < 4.78 is 26.9. The Bertz CT molecular complexity index is 584. The van der Waals surface area contributed by atoms with Crippen molar-refractivity contribution in [2.45, 2.75) is 25.7 Å². The van der Waals surface area contributed by atoms with E-state index in [-0.39, 0.29) is 23.0 Å². The molecule has 0 bridgehead atoms. The molecular weight excluding hydrogens is 282 g/mol. The second kappa shape index (κ2) is 6.67. The number of anilines is 1. The summed E-state index contributed by atoms with van der Waals surface area (Å²) in [6.07, 6.45) is 0. The number of sulfonamides is 1. The Balaban J connectivity index is 3.24. The summed E-state index contributed by atoms with van der Waals surface area (Å²) >= 11 is 0. The van der Waals surface area contributed by atoms with Gasteiger partial charge >= 0.3 is 0 Å². The Kier molecular flexibility index (Phi) is 5.46. The number of nitrogens with zero attached hydrogens (tertiary/aromatic N) is 1. The van der Waals surface area contributed by atoms with Crippen LogP contribution in [0.2, 0.25) is 0 Å². The summed E-state index contributed by atoms with van der Waals surface area (Å²) in [5, 5.41) is 13.7. The highest BCUT2D eigenvalue weighted by atomic mass is 32.2. The number of hydrogen-bond acceptors (Lipinski definition) is 5. The normalized spacial score (nSPS) is 11.6. The van der Waals surface area contributed by atoms with Crippen LogP contribution in [-0.4, -0.2) is 26.4 Å². The molecule has 2 N–H and O–H groups in total. The zero-order valence-electron chi connectivity index (χ0n) is 11.7. The van der Waals surface area contributed by atoms with E-state index < -0.39 is 14.9 Å². The fourth-order valence-corrected chi connectivity index (χ4v) is 2.95. The van der Waals surface area contributed by atoms with Crippen molar-refractivity contribution in [3.8, 4) is 0 Å². The van der Waals surface area contributed by atoms with Crippen LogP contribution < -0.4 is 10.0 Å². The fourth-order valence-electron chi connectivity index (χ4n) is 1.54. The maximum absolute atomic E-state index is 12.2. The van der Waals surface area contributed by atoms with Crippen LogP contribution in [0.4, 0.5) is 11.4 Å². The van der Waals surface area contributed by atoms with Gasteiger partial charge in [-0.15, -0.1) is 0 Å². The minimum absolute atomic E-state index is 0.103. The van der Waals surface area contributed by atoms with Crippen molar-refractivity contribution in [1.82, 2.24) is 4.72 Å². The van der Waals surface area contributed by atoms with Crippen LogP contribution in [0.5, 0.6) is 0 Å². The second-order valence-corrected chi connectivity index (χ2v) is 6.45. The lowest BCUT2D eigenvalue weighted by Gasteiger charge is -2.13. The molecule has 0 saturated heterocycles. The molecular formula is C12H19N3O4S. The lowest BCUT2D eigenvalue weighted by molar-refractivity contribution is -0.385. The van der Waals surface area contributed by atoms with E-state index in [1.165, 1.54) is 12.1 Å². The average molecular weight is 301 g/mol. The van der Waals surface area contributed by atoms with E-state index in [0.717, 1.165) is 6.07 Å². The summed E-state index contributed by atoms with van der Waals surface area (Å²) in [4.78, 5) is 10.1. The number of nitrogens with one attached hydrogen (secondary N) is 2. The molecule has 8 heteroatoms. The highest BCUT2D eigenvalue weighted by Crippen LogP contribution is 2.26. The predicted molar refractivity (Wildman–Crippen MR) is 77.3 cm³/mol. The standard InChI is InChI=1S/C12H19N3O4S/c1-4-13-11-6-5-10(15(16)17)7-12(11)20(18,19)14-8-9(2)3/h5-7,9,13-14H,4,8H2,1-3H3. The fraction of sp³-hybridized carbons (Fsp3) is 0.500. The van der Waals surface area contributed by atoms with Crippen molar-refractivity contribution in [3.63, 3.8) is 0 Å². The molecule has 0 aromatic heterocycles. The molecule has 0 saturated carbocycles. The smallest absolute Gasteiger partial charge is 0.270 e. The van der Waals surface area contributed by atoms with Crippen molar-refractivity contribution >= 4 is 21.4 Å². The van der Waals surface area contributed by atoms with Crippen LogP contribution in [0, 0.1) is 16.0 Å². The van der Waals surface area contributed by atoms with E-state index in [4.69, 9.17) is 0 Å². The maximum atomic E-state index is 12.2. The van der Waals surface area contributed by atoms with Crippen LogP contribution in [0.3, 0.4) is 0 Å². The molecule has 0 heterocycles. The molecule has 7 nitrogen and oxygen atoms in total. The molecule has 1 aromatic rings. The zero-order chi connectivity index (χ0) is 15.3. The molecule has 0 fully saturated rings. The van der Waals surface area contributed by atoms with E-state index >= 15 is 0 Å². The summed E-state index contributed by atoms with van der Waals surface area (Å²) in [5.74, 6) is 0.144. The van der Waals surface area contributed by atoms with E-state index in [1.54, 1.807) is 0 Å². The minimum atomic E-state index is -3.78. The van der Waals surface area contributed by atoms with Crippen LogP contribution in [0.1, 0.15) is 20.8 Å². The lowest BCUT2D eigenvalue weighted by atomic mass is 10.2. The molecule has 0 amide bonds. The summed E-state index contributed by atoms with van der Waals surface area (Å²) in [5.41, 5.74) is 0.103. The first-order chi connectivity index (χ1) is 9.27. The van der Waals surface area contributed by atoms with Gasteiger partial charge in [-0.25, -0.2) is 13.1 Å². The molecule has 112 valence electrons. The van der Waals surface area contributed by atoms with E-state index in [9.17, 15) is 18.5 Å². The molecule has 0 atom stereocenters. The van der Waals surface area contributed by atoms with Gasteiger partial charge in [-0.1, -0.05) is 13.8 Å². The largest absolute Gasteiger partial charge is 0.384 e. The van der Waals surface area contributed by atoms with Gasteiger partial charge in [-0.3, -0.25) is 10.1 Å². The van der Waals surface area contributed by atoms with Gasteiger partial charge < -0.3 is 5.32 Å². The highest BCUT2D eigenvalue weighted by Gasteiger charge is 2.22. The Labute approximate surface area is 118 Å². The third-order valence-electron chi connectivity index (χ3n) is 2.51. The average Bonchev–Trinajstić information content (AvgIpc) is 2.37. The molecule has 1 aromatic carbocycles. The van der Waals surface area contributed by atoms with Crippen molar-refractivity contribution in [3.05, 3.63) is 28.3 Å². The van der Waals surface area contributed by atoms with Gasteiger partial charge in [0.05, 0.1) is 10.6 Å². The quantitative estimate of drug-likeness (QED) is 0.592. The number of hydrogen-bond donors (Lipinski definition) is 2. The Hall–Kier alpha value is -1.67. The van der Waals surface area contributed by atoms with E-state index in [1.807, 2.05) is 20.8 Å². The third kappa shape index (κ3) is 4.17. The Morgan fingerprint density at radius 1 is 1.35 bits per heavy atom. The summed E-state index contributed by atoms with van der Waals surface area (Å²) in [7, 11) is -3.78. The molecule has 0 radical (unpaired) electrons. The van der Waals surface area contributed by atoms with E-state index in [0.29, 0.717) is 12.2 Å². The van der Waals surface area contributed by atoms with E-state index in [2.05, 4.69) is 10.0 Å². The SMILES string of the molecule is CCNc1ccc([N+](=O)[O-])cc1S(=O)(=O)NCC(C)C. The molecule has 1 rings (SSSR count). The second-order valence-electron chi connectivity index (χ2n) is 4.71. The van der Waals surface area contributed by atoms with Crippen molar-refractivity contribution in [2.75, 3.05) is 18.4 Å². The highest BCUT2D eigenvalue weighted by molar-refractivity contribution is 7.89. The Morgan fingerprint density at radius 3 is 2.50 bits per heavy atom. The van der Waals surface area contributed by atoms with Gasteiger partial charge in [-0.05, 0) is 18.9 Å². The number of nitro groups is 1. The van der Waals surface area contributed by atoms with Gasteiger partial charge in [0.1, 0.15) is 4.90 Å². The van der Waals surface area contributed by atoms with Crippen LogP contribution in [0.15, 0.2) is 23.1 Å². The monoisotopic (exact) mass is 301 g/mol. The van der Waals surface area contributed by atoms with Gasteiger partial charge in [-0.2, -0.15) is 0 Å². The molecule has 0 aliphatic carbocycles. The predicted octanol–water partition coefficient (Wildman–Crippen LogP) is 1.96. The lowest BCUT2D eigenvalue weighted by Crippen LogP contribution is -2.28. The number of rotatable bonds is 7. The van der Waals surface area contributed by atoms with Gasteiger partial charge in [0.2, 0.25) is 10.0 Å². The first-order valence-electron chi connectivity index (χ1n) is 6.30. The Morgan fingerprint density at radius 2 is 2.00 bits per heavy atom. The van der Waals surface area contributed by atoms with Gasteiger partial charge in [0.25, 0.3) is 5.69 Å². The topological polar surface area (TPSA) is 101 Å².